The number of fused-ring (bicyclic) bond motifs is 1. The summed E-state index contributed by atoms with van der Waals surface area (Å²) >= 11 is 3.57. The fourth-order valence-electron chi connectivity index (χ4n) is 1.79. The monoisotopic (exact) mass is 294 g/mol. The predicted octanol–water partition coefficient (Wildman–Crippen LogP) is 3.83. The molecule has 17 heavy (non-hydrogen) atoms. The zero-order chi connectivity index (χ0) is 12.3. The number of halogens is 1. The second-order valence-corrected chi connectivity index (χ2v) is 4.61. The van der Waals surface area contributed by atoms with Gasteiger partial charge >= 0.3 is 0 Å². The van der Waals surface area contributed by atoms with Crippen molar-refractivity contribution in [2.24, 2.45) is 0 Å². The first kappa shape index (κ1) is 12.2. The summed E-state index contributed by atoms with van der Waals surface area (Å²) in [6.45, 7) is 3.05. The van der Waals surface area contributed by atoms with Crippen LogP contribution in [0, 0.1) is 0 Å². The number of anilines is 1. The van der Waals surface area contributed by atoms with Crippen LogP contribution in [0.3, 0.4) is 0 Å². The van der Waals surface area contributed by atoms with Crippen LogP contribution >= 0.6 is 15.9 Å². The molecule has 1 N–H and O–H groups in total. The number of methoxy groups -OCH3 is 1. The normalized spacial score (nSPS) is 10.5. The van der Waals surface area contributed by atoms with E-state index < -0.39 is 0 Å². The van der Waals surface area contributed by atoms with E-state index in [4.69, 9.17) is 4.74 Å². The Kier molecular flexibility index (Phi) is 3.84. The average Bonchev–Trinajstić information content (AvgIpc) is 2.36. The second-order valence-electron chi connectivity index (χ2n) is 3.76. The van der Waals surface area contributed by atoms with Crippen LogP contribution in [0.15, 0.2) is 28.9 Å². The molecule has 0 unspecified atom stereocenters. The van der Waals surface area contributed by atoms with Crippen LogP contribution in [0.1, 0.15) is 13.3 Å². The largest absolute Gasteiger partial charge is 0.496 e. The summed E-state index contributed by atoms with van der Waals surface area (Å²) in [7, 11) is 1.68. The van der Waals surface area contributed by atoms with Crippen molar-refractivity contribution in [3.8, 4) is 5.75 Å². The zero-order valence-electron chi connectivity index (χ0n) is 9.96. The van der Waals surface area contributed by atoms with Crippen LogP contribution in [0.4, 0.5) is 5.82 Å². The molecule has 1 aromatic carbocycles. The Morgan fingerprint density at radius 2 is 2.18 bits per heavy atom. The van der Waals surface area contributed by atoms with Crippen LogP contribution in [0.25, 0.3) is 10.8 Å². The maximum absolute atomic E-state index is 5.37. The molecule has 2 rings (SSSR count). The molecule has 0 aliphatic heterocycles. The Labute approximate surface area is 109 Å². The number of benzene rings is 1. The number of nitrogens with one attached hydrogen (secondary N) is 1. The molecule has 0 radical (unpaired) electrons. The van der Waals surface area contributed by atoms with E-state index in [2.05, 4.69) is 33.2 Å². The van der Waals surface area contributed by atoms with Gasteiger partial charge in [-0.1, -0.05) is 22.9 Å². The van der Waals surface area contributed by atoms with Crippen LogP contribution in [-0.4, -0.2) is 18.6 Å². The molecule has 0 amide bonds. The summed E-state index contributed by atoms with van der Waals surface area (Å²) in [5.74, 6) is 1.76. The van der Waals surface area contributed by atoms with E-state index in [1.165, 1.54) is 0 Å². The SMILES string of the molecule is CCCNc1nccc2c(OC)ccc(Br)c12. The van der Waals surface area contributed by atoms with E-state index in [1.54, 1.807) is 13.3 Å². The number of ether oxygens (including phenoxy) is 1. The highest BCUT2D eigenvalue weighted by atomic mass is 79.9. The van der Waals surface area contributed by atoms with Crippen molar-refractivity contribution in [3.63, 3.8) is 0 Å². The van der Waals surface area contributed by atoms with Gasteiger partial charge in [-0.3, -0.25) is 0 Å². The third-order valence-electron chi connectivity index (χ3n) is 2.60. The minimum absolute atomic E-state index is 0.866. The van der Waals surface area contributed by atoms with E-state index in [9.17, 15) is 0 Å². The zero-order valence-corrected chi connectivity index (χ0v) is 11.5. The van der Waals surface area contributed by atoms with Gasteiger partial charge in [0, 0.05) is 28.0 Å². The van der Waals surface area contributed by atoms with Gasteiger partial charge in [-0.25, -0.2) is 4.98 Å². The Morgan fingerprint density at radius 3 is 2.88 bits per heavy atom. The smallest absolute Gasteiger partial charge is 0.135 e. The fraction of sp³-hybridized carbons (Fsp3) is 0.308. The van der Waals surface area contributed by atoms with Gasteiger partial charge in [0.25, 0.3) is 0 Å². The molecule has 1 aromatic heterocycles. The number of hydrogen-bond acceptors (Lipinski definition) is 3. The topological polar surface area (TPSA) is 34.2 Å². The number of hydrogen-bond donors (Lipinski definition) is 1. The second kappa shape index (κ2) is 5.36. The van der Waals surface area contributed by atoms with Crippen LogP contribution < -0.4 is 10.1 Å². The van der Waals surface area contributed by atoms with E-state index in [1.807, 2.05) is 18.2 Å². The first-order chi connectivity index (χ1) is 8.27. The standard InChI is InChI=1S/C13H15BrN2O/c1-3-7-15-13-12-9(6-8-16-13)11(17-2)5-4-10(12)14/h4-6,8H,3,7H2,1-2H3,(H,15,16). The van der Waals surface area contributed by atoms with Crippen LogP contribution in [0.2, 0.25) is 0 Å². The van der Waals surface area contributed by atoms with Gasteiger partial charge in [0.05, 0.1) is 7.11 Å². The van der Waals surface area contributed by atoms with Crippen molar-refractivity contribution in [1.29, 1.82) is 0 Å². The maximum Gasteiger partial charge on any atom is 0.135 e. The van der Waals surface area contributed by atoms with Crippen molar-refractivity contribution in [3.05, 3.63) is 28.9 Å². The van der Waals surface area contributed by atoms with Gasteiger partial charge < -0.3 is 10.1 Å². The lowest BCUT2D eigenvalue weighted by molar-refractivity contribution is 0.420. The van der Waals surface area contributed by atoms with E-state index >= 15 is 0 Å². The highest BCUT2D eigenvalue weighted by Crippen LogP contribution is 2.35. The summed E-state index contributed by atoms with van der Waals surface area (Å²) in [6.07, 6.45) is 2.87. The highest BCUT2D eigenvalue weighted by Gasteiger charge is 2.09. The van der Waals surface area contributed by atoms with Crippen molar-refractivity contribution in [1.82, 2.24) is 4.98 Å². The molecule has 0 fully saturated rings. The molecule has 4 heteroatoms. The van der Waals surface area contributed by atoms with Crippen molar-refractivity contribution in [2.75, 3.05) is 19.0 Å². The van der Waals surface area contributed by atoms with Gasteiger partial charge in [0.15, 0.2) is 0 Å². The lowest BCUT2D eigenvalue weighted by atomic mass is 10.1. The summed E-state index contributed by atoms with van der Waals surface area (Å²) < 4.78 is 6.39. The number of aromatic nitrogens is 1. The van der Waals surface area contributed by atoms with Crippen molar-refractivity contribution < 1.29 is 4.74 Å². The fourth-order valence-corrected chi connectivity index (χ4v) is 2.32. The minimum Gasteiger partial charge on any atom is -0.496 e. The molecule has 2 aromatic rings. The molecule has 0 aliphatic rings. The molecule has 3 nitrogen and oxygen atoms in total. The van der Waals surface area contributed by atoms with Crippen LogP contribution in [-0.2, 0) is 0 Å². The molecular formula is C13H15BrN2O. The van der Waals surface area contributed by atoms with Gasteiger partial charge in [0.2, 0.25) is 0 Å². The van der Waals surface area contributed by atoms with Gasteiger partial charge in [-0.05, 0) is 24.6 Å². The Morgan fingerprint density at radius 1 is 1.35 bits per heavy atom. The summed E-state index contributed by atoms with van der Waals surface area (Å²) in [5.41, 5.74) is 0. The maximum atomic E-state index is 5.37. The van der Waals surface area contributed by atoms with E-state index in [-0.39, 0.29) is 0 Å². The highest BCUT2D eigenvalue weighted by molar-refractivity contribution is 9.10. The van der Waals surface area contributed by atoms with Gasteiger partial charge in [-0.15, -0.1) is 0 Å². The molecule has 0 atom stereocenters. The number of nitrogens with zero attached hydrogens (tertiary/aromatic N) is 1. The molecular weight excluding hydrogens is 280 g/mol. The predicted molar refractivity (Wildman–Crippen MR) is 74.8 cm³/mol. The molecule has 0 bridgehead atoms. The van der Waals surface area contributed by atoms with Gasteiger partial charge in [0.1, 0.15) is 11.6 Å². The Balaban J connectivity index is 2.61. The molecule has 0 saturated carbocycles. The lowest BCUT2D eigenvalue weighted by Gasteiger charge is -2.11. The van der Waals surface area contributed by atoms with Crippen molar-refractivity contribution in [2.45, 2.75) is 13.3 Å². The lowest BCUT2D eigenvalue weighted by Crippen LogP contribution is -2.02. The average molecular weight is 295 g/mol. The summed E-state index contributed by atoms with van der Waals surface area (Å²) in [5, 5.41) is 5.47. The number of pyridine rings is 1. The van der Waals surface area contributed by atoms with E-state index in [0.29, 0.717) is 0 Å². The summed E-state index contributed by atoms with van der Waals surface area (Å²) in [6, 6.07) is 5.91. The third-order valence-corrected chi connectivity index (χ3v) is 3.26. The first-order valence-electron chi connectivity index (χ1n) is 5.63. The Hall–Kier alpha value is -1.29. The van der Waals surface area contributed by atoms with Crippen LogP contribution in [0.5, 0.6) is 5.75 Å². The van der Waals surface area contributed by atoms with Gasteiger partial charge in [-0.2, -0.15) is 0 Å². The molecule has 1 heterocycles. The third kappa shape index (κ3) is 2.36. The van der Waals surface area contributed by atoms with Crippen molar-refractivity contribution >= 4 is 32.5 Å². The van der Waals surface area contributed by atoms with E-state index in [0.717, 1.165) is 39.8 Å². The molecule has 90 valence electrons. The first-order valence-corrected chi connectivity index (χ1v) is 6.42. The Bertz CT molecular complexity index is 528. The molecule has 0 saturated heterocycles. The molecule has 0 spiro atoms. The minimum atomic E-state index is 0.866. The quantitative estimate of drug-likeness (QED) is 0.931. The molecule has 0 aliphatic carbocycles. The summed E-state index contributed by atoms with van der Waals surface area (Å²) in [4.78, 5) is 4.38. The number of rotatable bonds is 4.